The number of nitrogens with zero attached hydrogens (tertiary/aromatic N) is 2. The lowest BCUT2D eigenvalue weighted by atomic mass is 10.3. The third-order valence-corrected chi connectivity index (χ3v) is 3.66. The normalized spacial score (nSPS) is 10.8. The van der Waals surface area contributed by atoms with E-state index in [2.05, 4.69) is 37.2 Å². The Labute approximate surface area is 150 Å². The molecule has 0 saturated heterocycles. The molecule has 0 aliphatic heterocycles. The van der Waals surface area contributed by atoms with Crippen LogP contribution in [0.1, 0.15) is 0 Å². The molecule has 3 aromatic rings. The summed E-state index contributed by atoms with van der Waals surface area (Å²) in [4.78, 5) is 0. The minimum Gasteiger partial charge on any atom is -0.497 e. The molecule has 3 nitrogen and oxygen atoms in total. The molecule has 0 unspecified atom stereocenters. The van der Waals surface area contributed by atoms with Gasteiger partial charge in [0.25, 0.3) is 6.33 Å². The smallest absolute Gasteiger partial charge is 0.497 e. The molecule has 0 saturated carbocycles. The number of rotatable bonds is 3. The van der Waals surface area contributed by atoms with E-state index in [1.165, 1.54) is 0 Å². The second-order valence-corrected chi connectivity index (χ2v) is 5.81. The van der Waals surface area contributed by atoms with E-state index in [0.717, 1.165) is 21.6 Å². The van der Waals surface area contributed by atoms with Crippen LogP contribution in [-0.2, 0) is 0 Å². The highest BCUT2D eigenvalue weighted by Gasteiger charge is 2.20. The molecule has 0 amide bonds. The van der Waals surface area contributed by atoms with Crippen molar-refractivity contribution in [1.82, 2.24) is 4.57 Å². The summed E-state index contributed by atoms with van der Waals surface area (Å²) >= 11 is 3.45. The highest BCUT2D eigenvalue weighted by Crippen LogP contribution is 2.15. The zero-order chi connectivity index (χ0) is 18.4. The van der Waals surface area contributed by atoms with Crippen LogP contribution in [0.3, 0.4) is 0 Å². The van der Waals surface area contributed by atoms with E-state index in [-0.39, 0.29) is 0 Å². The molecule has 2 aromatic carbocycles. The molecule has 0 atom stereocenters. The first kappa shape index (κ1) is 19.0. The zero-order valence-electron chi connectivity index (χ0n) is 13.1. The lowest BCUT2D eigenvalue weighted by molar-refractivity contribution is -0.594. The minimum absolute atomic E-state index is 0.863. The number of ether oxygens (including phenoxy) is 1. The van der Waals surface area contributed by atoms with Crippen LogP contribution in [0, 0.1) is 0 Å². The second-order valence-electron chi connectivity index (χ2n) is 4.90. The van der Waals surface area contributed by atoms with E-state index in [1.54, 1.807) is 7.11 Å². The van der Waals surface area contributed by atoms with Gasteiger partial charge in [0.2, 0.25) is 0 Å². The average molecular weight is 417 g/mol. The third-order valence-electron chi connectivity index (χ3n) is 3.13. The molecular formula is C16H14BBrF4N2O. The zero-order valence-corrected chi connectivity index (χ0v) is 14.7. The van der Waals surface area contributed by atoms with Crippen molar-refractivity contribution in [3.8, 4) is 17.1 Å². The number of benzene rings is 2. The van der Waals surface area contributed by atoms with Gasteiger partial charge in [-0.15, -0.1) is 0 Å². The summed E-state index contributed by atoms with van der Waals surface area (Å²) in [6.07, 6.45) is 6.11. The summed E-state index contributed by atoms with van der Waals surface area (Å²) in [7, 11) is -4.33. The first-order valence-corrected chi connectivity index (χ1v) is 7.92. The van der Waals surface area contributed by atoms with Gasteiger partial charge in [0.15, 0.2) is 0 Å². The summed E-state index contributed by atoms with van der Waals surface area (Å²) < 4.78 is 49.4. The van der Waals surface area contributed by atoms with Crippen LogP contribution in [0.15, 0.2) is 71.7 Å². The Morgan fingerprint density at radius 2 is 1.52 bits per heavy atom. The molecule has 25 heavy (non-hydrogen) atoms. The van der Waals surface area contributed by atoms with E-state index >= 15 is 0 Å². The van der Waals surface area contributed by atoms with Crippen molar-refractivity contribution < 1.29 is 26.6 Å². The van der Waals surface area contributed by atoms with Crippen molar-refractivity contribution in [2.45, 2.75) is 0 Å². The highest BCUT2D eigenvalue weighted by atomic mass is 79.9. The standard InChI is InChI=1S/C16H14BrN2O.BF4/c1-20-16-8-6-15(7-9-16)19-11-10-18(12-19)14-4-2-13(17)3-5-14;2-1(3,4)5/h2-12H,1H3;/q+1;-1. The summed E-state index contributed by atoms with van der Waals surface area (Å²) in [6.45, 7) is 0. The number of hydrogen-bond acceptors (Lipinski definition) is 1. The van der Waals surface area contributed by atoms with Gasteiger partial charge in [0.05, 0.1) is 7.11 Å². The monoisotopic (exact) mass is 416 g/mol. The van der Waals surface area contributed by atoms with Gasteiger partial charge in [-0.05, 0) is 48.5 Å². The molecule has 0 N–H and O–H groups in total. The van der Waals surface area contributed by atoms with E-state index in [4.69, 9.17) is 4.74 Å². The number of halogens is 5. The summed E-state index contributed by atoms with van der Waals surface area (Å²) in [6, 6.07) is 16.2. The highest BCUT2D eigenvalue weighted by molar-refractivity contribution is 9.10. The first-order valence-electron chi connectivity index (χ1n) is 7.13. The van der Waals surface area contributed by atoms with Crippen molar-refractivity contribution in [3.63, 3.8) is 0 Å². The lowest BCUT2D eigenvalue weighted by Gasteiger charge is -1.99. The fourth-order valence-electron chi connectivity index (χ4n) is 2.03. The molecule has 9 heteroatoms. The van der Waals surface area contributed by atoms with E-state index in [1.807, 2.05) is 55.1 Å². The maximum absolute atomic E-state index is 9.75. The number of imidazole rings is 1. The molecular weight excluding hydrogens is 403 g/mol. The second kappa shape index (κ2) is 8.20. The van der Waals surface area contributed by atoms with Gasteiger partial charge in [-0.3, -0.25) is 0 Å². The molecule has 0 fully saturated rings. The van der Waals surface area contributed by atoms with Crippen molar-refractivity contribution in [2.24, 2.45) is 0 Å². The van der Waals surface area contributed by atoms with E-state index in [9.17, 15) is 17.3 Å². The lowest BCUT2D eigenvalue weighted by Crippen LogP contribution is -2.27. The predicted molar refractivity (Wildman–Crippen MR) is 91.7 cm³/mol. The fourth-order valence-corrected chi connectivity index (χ4v) is 2.29. The Morgan fingerprint density at radius 3 is 2.04 bits per heavy atom. The first-order chi connectivity index (χ1) is 11.8. The molecule has 1 heterocycles. The molecule has 0 aliphatic carbocycles. The molecule has 3 rings (SSSR count). The van der Waals surface area contributed by atoms with Gasteiger partial charge in [-0.2, -0.15) is 0 Å². The van der Waals surface area contributed by atoms with Crippen LogP contribution in [0.5, 0.6) is 5.75 Å². The predicted octanol–water partition coefficient (Wildman–Crippen LogP) is 4.83. The SMILES string of the molecule is COc1ccc(-n2cc[n+](-c3ccc(Br)cc3)c2)cc1.F[B-](F)(F)F. The van der Waals surface area contributed by atoms with E-state index < -0.39 is 7.25 Å². The summed E-state index contributed by atoms with van der Waals surface area (Å²) in [5.74, 6) is 0.863. The Morgan fingerprint density at radius 1 is 0.960 bits per heavy atom. The number of aromatic nitrogens is 2. The van der Waals surface area contributed by atoms with Crippen molar-refractivity contribution in [3.05, 3.63) is 71.7 Å². The van der Waals surface area contributed by atoms with Gasteiger partial charge < -0.3 is 22.0 Å². The van der Waals surface area contributed by atoms with E-state index in [0.29, 0.717) is 0 Å². The Bertz CT molecular complexity index is 798. The molecule has 0 bridgehead atoms. The fraction of sp³-hybridized carbons (Fsp3) is 0.0625. The van der Waals surface area contributed by atoms with Crippen LogP contribution in [0.25, 0.3) is 11.4 Å². The number of methoxy groups -OCH3 is 1. The van der Waals surface area contributed by atoms with Crippen LogP contribution in [0.2, 0.25) is 0 Å². The van der Waals surface area contributed by atoms with Gasteiger partial charge >= 0.3 is 7.25 Å². The van der Waals surface area contributed by atoms with Crippen LogP contribution < -0.4 is 9.30 Å². The Balaban J connectivity index is 0.000000399. The quantitative estimate of drug-likeness (QED) is 0.340. The van der Waals surface area contributed by atoms with Crippen molar-refractivity contribution in [1.29, 1.82) is 0 Å². The maximum atomic E-state index is 9.75. The molecule has 132 valence electrons. The molecule has 0 radical (unpaired) electrons. The topological polar surface area (TPSA) is 18.0 Å². The van der Waals surface area contributed by atoms with Gasteiger partial charge in [-0.25, -0.2) is 9.13 Å². The van der Waals surface area contributed by atoms with Crippen LogP contribution in [0.4, 0.5) is 17.3 Å². The Kier molecular flexibility index (Phi) is 6.24. The summed E-state index contributed by atoms with van der Waals surface area (Å²) in [5.41, 5.74) is 2.22. The van der Waals surface area contributed by atoms with Crippen LogP contribution in [-0.4, -0.2) is 18.9 Å². The van der Waals surface area contributed by atoms with Crippen LogP contribution >= 0.6 is 15.9 Å². The Hall–Kier alpha value is -2.29. The summed E-state index contributed by atoms with van der Waals surface area (Å²) in [5, 5.41) is 0. The molecule has 1 aromatic heterocycles. The largest absolute Gasteiger partial charge is 0.673 e. The van der Waals surface area contributed by atoms with Gasteiger partial charge in [-0.1, -0.05) is 15.9 Å². The third kappa shape index (κ3) is 6.26. The van der Waals surface area contributed by atoms with Crippen molar-refractivity contribution in [2.75, 3.05) is 7.11 Å². The minimum atomic E-state index is -6.00. The molecule has 0 aliphatic rings. The molecule has 0 spiro atoms. The van der Waals surface area contributed by atoms with Gasteiger partial charge in [0, 0.05) is 4.47 Å². The maximum Gasteiger partial charge on any atom is 0.673 e. The average Bonchev–Trinajstić information content (AvgIpc) is 3.04. The van der Waals surface area contributed by atoms with Crippen molar-refractivity contribution >= 4 is 23.2 Å². The number of hydrogen-bond donors (Lipinski definition) is 0. The van der Waals surface area contributed by atoms with Gasteiger partial charge in [0.1, 0.15) is 29.5 Å².